The number of nitrogens with one attached hydrogen (secondary N) is 2. The van der Waals surface area contributed by atoms with E-state index in [9.17, 15) is 4.79 Å². The molecule has 4 heteroatoms. The van der Waals surface area contributed by atoms with Gasteiger partial charge >= 0.3 is 0 Å². The standard InChI is InChI=1S/C16H28N2O.ClH/c1-15(2)5-3-12(4-6-15)18-14(19)13-11-16(13)7-9-17-10-8-16;/h12-13,17H,3-11H2,1-2H3,(H,18,19);1H. The van der Waals surface area contributed by atoms with Crippen LogP contribution in [-0.4, -0.2) is 25.0 Å². The van der Waals surface area contributed by atoms with Gasteiger partial charge in [-0.1, -0.05) is 13.8 Å². The Bertz CT molecular complexity index is 353. The van der Waals surface area contributed by atoms with E-state index in [-0.39, 0.29) is 12.4 Å². The largest absolute Gasteiger partial charge is 0.353 e. The van der Waals surface area contributed by atoms with Crippen LogP contribution in [0.25, 0.3) is 0 Å². The number of carbonyl (C=O) groups excluding carboxylic acids is 1. The molecule has 2 aliphatic carbocycles. The van der Waals surface area contributed by atoms with Gasteiger partial charge in [0.15, 0.2) is 0 Å². The predicted octanol–water partition coefficient (Wildman–Crippen LogP) is 2.88. The van der Waals surface area contributed by atoms with E-state index in [1.54, 1.807) is 0 Å². The summed E-state index contributed by atoms with van der Waals surface area (Å²) in [6.45, 7) is 6.88. The van der Waals surface area contributed by atoms with Gasteiger partial charge in [0.1, 0.15) is 0 Å². The molecule has 1 unspecified atom stereocenters. The van der Waals surface area contributed by atoms with Gasteiger partial charge in [0.2, 0.25) is 5.91 Å². The fourth-order valence-corrected chi connectivity index (χ4v) is 4.04. The number of amides is 1. The number of halogens is 1. The van der Waals surface area contributed by atoms with Crippen molar-refractivity contribution in [2.24, 2.45) is 16.7 Å². The molecule has 0 bridgehead atoms. The molecular weight excluding hydrogens is 272 g/mol. The smallest absolute Gasteiger partial charge is 0.223 e. The van der Waals surface area contributed by atoms with E-state index in [0.717, 1.165) is 19.5 Å². The maximum Gasteiger partial charge on any atom is 0.223 e. The molecule has 116 valence electrons. The van der Waals surface area contributed by atoms with Crippen LogP contribution in [0.2, 0.25) is 0 Å². The van der Waals surface area contributed by atoms with Gasteiger partial charge in [0.05, 0.1) is 0 Å². The molecule has 2 N–H and O–H groups in total. The second-order valence-corrected chi connectivity index (χ2v) is 7.82. The Kier molecular flexibility index (Phi) is 4.70. The number of hydrogen-bond donors (Lipinski definition) is 2. The van der Waals surface area contributed by atoms with Crippen molar-refractivity contribution in [3.63, 3.8) is 0 Å². The Morgan fingerprint density at radius 3 is 2.30 bits per heavy atom. The lowest BCUT2D eigenvalue weighted by molar-refractivity contribution is -0.124. The predicted molar refractivity (Wildman–Crippen MR) is 84.1 cm³/mol. The molecule has 0 radical (unpaired) electrons. The van der Waals surface area contributed by atoms with Crippen LogP contribution in [0.15, 0.2) is 0 Å². The molecule has 3 nitrogen and oxygen atoms in total. The molecule has 0 aromatic rings. The van der Waals surface area contributed by atoms with Crippen molar-refractivity contribution in [1.82, 2.24) is 10.6 Å². The molecular formula is C16H29ClN2O. The zero-order valence-corrected chi connectivity index (χ0v) is 13.7. The fraction of sp³-hybridized carbons (Fsp3) is 0.938. The van der Waals surface area contributed by atoms with Crippen LogP contribution in [0.5, 0.6) is 0 Å². The van der Waals surface area contributed by atoms with Crippen LogP contribution >= 0.6 is 12.4 Å². The number of carbonyl (C=O) groups is 1. The number of rotatable bonds is 2. The highest BCUT2D eigenvalue weighted by atomic mass is 35.5. The molecule has 1 heterocycles. The molecule has 1 amide bonds. The van der Waals surface area contributed by atoms with Gasteiger partial charge in [-0.2, -0.15) is 0 Å². The Morgan fingerprint density at radius 1 is 1.10 bits per heavy atom. The fourth-order valence-electron chi connectivity index (χ4n) is 4.04. The van der Waals surface area contributed by atoms with Gasteiger partial charge in [0, 0.05) is 12.0 Å². The molecule has 3 fully saturated rings. The average Bonchev–Trinajstić information content (AvgIpc) is 3.07. The van der Waals surface area contributed by atoms with Gasteiger partial charge in [-0.05, 0) is 68.9 Å². The second kappa shape index (κ2) is 5.84. The lowest BCUT2D eigenvalue weighted by Crippen LogP contribution is -2.41. The zero-order chi connectivity index (χ0) is 13.5. The van der Waals surface area contributed by atoms with Crippen molar-refractivity contribution in [3.8, 4) is 0 Å². The summed E-state index contributed by atoms with van der Waals surface area (Å²) in [7, 11) is 0. The first-order valence-corrected chi connectivity index (χ1v) is 8.02. The molecule has 2 saturated carbocycles. The summed E-state index contributed by atoms with van der Waals surface area (Å²) in [6, 6.07) is 0.444. The van der Waals surface area contributed by atoms with Gasteiger partial charge in [-0.3, -0.25) is 4.79 Å². The summed E-state index contributed by atoms with van der Waals surface area (Å²) in [4.78, 5) is 12.4. The third-order valence-corrected chi connectivity index (χ3v) is 5.79. The minimum absolute atomic E-state index is 0. The molecule has 0 aromatic carbocycles. The third-order valence-electron chi connectivity index (χ3n) is 5.79. The SMILES string of the molecule is CC1(C)CCC(NC(=O)C2CC23CCNCC3)CC1.Cl. The Balaban J connectivity index is 0.00000147. The van der Waals surface area contributed by atoms with Crippen LogP contribution in [0, 0.1) is 16.7 Å². The maximum absolute atomic E-state index is 12.4. The van der Waals surface area contributed by atoms with E-state index >= 15 is 0 Å². The summed E-state index contributed by atoms with van der Waals surface area (Å²) < 4.78 is 0. The van der Waals surface area contributed by atoms with E-state index in [0.29, 0.717) is 28.7 Å². The molecule has 1 aliphatic heterocycles. The highest BCUT2D eigenvalue weighted by molar-refractivity contribution is 5.85. The minimum Gasteiger partial charge on any atom is -0.353 e. The van der Waals surface area contributed by atoms with Gasteiger partial charge in [0.25, 0.3) is 0 Å². The average molecular weight is 301 g/mol. The monoisotopic (exact) mass is 300 g/mol. The van der Waals surface area contributed by atoms with Gasteiger partial charge < -0.3 is 10.6 Å². The van der Waals surface area contributed by atoms with Crippen molar-refractivity contribution in [2.75, 3.05) is 13.1 Å². The number of piperidine rings is 1. The summed E-state index contributed by atoms with van der Waals surface area (Å²) in [5.74, 6) is 0.677. The molecule has 3 aliphatic rings. The van der Waals surface area contributed by atoms with E-state index in [1.807, 2.05) is 0 Å². The Morgan fingerprint density at radius 2 is 1.70 bits per heavy atom. The highest BCUT2D eigenvalue weighted by Gasteiger charge is 2.57. The van der Waals surface area contributed by atoms with Gasteiger partial charge in [-0.25, -0.2) is 0 Å². The van der Waals surface area contributed by atoms with Crippen molar-refractivity contribution in [1.29, 1.82) is 0 Å². The Hall–Kier alpha value is -0.280. The first-order chi connectivity index (χ1) is 9.01. The quantitative estimate of drug-likeness (QED) is 0.823. The van der Waals surface area contributed by atoms with Crippen molar-refractivity contribution in [2.45, 2.75) is 64.8 Å². The number of hydrogen-bond acceptors (Lipinski definition) is 2. The first kappa shape index (κ1) is 16.1. The summed E-state index contributed by atoms with van der Waals surface area (Å²) in [5, 5.41) is 6.73. The van der Waals surface area contributed by atoms with E-state index < -0.39 is 0 Å². The normalized spacial score (nSPS) is 31.4. The van der Waals surface area contributed by atoms with Crippen LogP contribution < -0.4 is 10.6 Å². The Labute approximate surface area is 129 Å². The summed E-state index contributed by atoms with van der Waals surface area (Å²) in [5.41, 5.74) is 0.861. The second-order valence-electron chi connectivity index (χ2n) is 7.82. The summed E-state index contributed by atoms with van der Waals surface area (Å²) in [6.07, 6.45) is 8.36. The minimum atomic E-state index is 0. The topological polar surface area (TPSA) is 41.1 Å². The zero-order valence-electron chi connectivity index (χ0n) is 12.8. The van der Waals surface area contributed by atoms with Crippen molar-refractivity contribution < 1.29 is 4.79 Å². The molecule has 1 spiro atoms. The van der Waals surface area contributed by atoms with Crippen LogP contribution in [0.1, 0.15) is 58.8 Å². The van der Waals surface area contributed by atoms with Crippen molar-refractivity contribution >= 4 is 18.3 Å². The third kappa shape index (κ3) is 3.30. The first-order valence-electron chi connectivity index (χ1n) is 8.02. The van der Waals surface area contributed by atoms with Crippen molar-refractivity contribution in [3.05, 3.63) is 0 Å². The van der Waals surface area contributed by atoms with Crippen LogP contribution in [0.4, 0.5) is 0 Å². The molecule has 3 rings (SSSR count). The van der Waals surface area contributed by atoms with E-state index in [4.69, 9.17) is 0 Å². The van der Waals surface area contributed by atoms with Crippen LogP contribution in [-0.2, 0) is 4.79 Å². The molecule has 1 saturated heterocycles. The highest BCUT2D eigenvalue weighted by Crippen LogP contribution is 2.58. The molecule has 20 heavy (non-hydrogen) atoms. The van der Waals surface area contributed by atoms with E-state index in [2.05, 4.69) is 24.5 Å². The molecule has 0 aromatic heterocycles. The maximum atomic E-state index is 12.4. The van der Waals surface area contributed by atoms with E-state index in [1.165, 1.54) is 38.5 Å². The van der Waals surface area contributed by atoms with Crippen LogP contribution in [0.3, 0.4) is 0 Å². The lowest BCUT2D eigenvalue weighted by Gasteiger charge is -2.34. The lowest BCUT2D eigenvalue weighted by atomic mass is 9.75. The summed E-state index contributed by atoms with van der Waals surface area (Å²) >= 11 is 0. The van der Waals surface area contributed by atoms with Gasteiger partial charge in [-0.15, -0.1) is 12.4 Å². The molecule has 1 atom stereocenters.